The zero-order valence-electron chi connectivity index (χ0n) is 6.47. The summed E-state index contributed by atoms with van der Waals surface area (Å²) >= 11 is 0. The molecule has 58 valence electrons. The van der Waals surface area contributed by atoms with Crippen LogP contribution in [0.25, 0.3) is 0 Å². The maximum atomic E-state index is 10.3. The molecule has 2 heteroatoms. The van der Waals surface area contributed by atoms with E-state index in [1.807, 2.05) is 6.08 Å². The second-order valence-electron chi connectivity index (χ2n) is 2.80. The quantitative estimate of drug-likeness (QED) is 0.356. The summed E-state index contributed by atoms with van der Waals surface area (Å²) in [6.07, 6.45) is 5.25. The van der Waals surface area contributed by atoms with Crippen LogP contribution in [-0.4, -0.2) is 11.8 Å². The Bertz CT molecular complexity index is 118. The van der Waals surface area contributed by atoms with Crippen LogP contribution in [0.1, 0.15) is 26.2 Å². The Morgan fingerprint density at radius 3 is 2.70 bits per heavy atom. The van der Waals surface area contributed by atoms with Crippen molar-refractivity contribution in [2.45, 2.75) is 31.7 Å². The Morgan fingerprint density at radius 1 is 1.70 bits per heavy atom. The number of aldehydes is 1. The van der Waals surface area contributed by atoms with E-state index in [-0.39, 0.29) is 0 Å². The van der Waals surface area contributed by atoms with Crippen LogP contribution < -0.4 is 5.73 Å². The molecule has 0 heterocycles. The molecule has 2 nitrogen and oxygen atoms in total. The van der Waals surface area contributed by atoms with Crippen LogP contribution >= 0.6 is 0 Å². The molecule has 1 atom stereocenters. The number of nitrogens with two attached hydrogens (primary N) is 1. The lowest BCUT2D eigenvalue weighted by molar-refractivity contribution is -0.111. The number of unbranched alkanes of at least 4 members (excludes halogenated alkanes) is 1. The molecular weight excluding hydrogens is 126 g/mol. The van der Waals surface area contributed by atoms with Crippen molar-refractivity contribution in [3.8, 4) is 0 Å². The third-order valence-electron chi connectivity index (χ3n) is 1.39. The summed E-state index contributed by atoms with van der Waals surface area (Å²) in [4.78, 5) is 10.3. The van der Waals surface area contributed by atoms with Gasteiger partial charge in [-0.3, -0.25) is 0 Å². The first-order valence-electron chi connectivity index (χ1n) is 3.48. The predicted octanol–water partition coefficient (Wildman–Crippen LogP) is 1.26. The maximum absolute atomic E-state index is 10.3. The number of carbonyl (C=O) groups is 1. The molecule has 0 amide bonds. The summed E-state index contributed by atoms with van der Waals surface area (Å²) in [5.41, 5.74) is 4.92. The van der Waals surface area contributed by atoms with Crippen LogP contribution in [0.5, 0.6) is 0 Å². The minimum Gasteiger partial charge on any atom is -0.319 e. The van der Waals surface area contributed by atoms with Crippen molar-refractivity contribution in [2.24, 2.45) is 5.73 Å². The molecule has 0 fully saturated rings. The topological polar surface area (TPSA) is 43.1 Å². The summed E-state index contributed by atoms with van der Waals surface area (Å²) in [5, 5.41) is 0. The van der Waals surface area contributed by atoms with E-state index in [1.165, 1.54) is 0 Å². The lowest BCUT2D eigenvalue weighted by Gasteiger charge is -2.15. The van der Waals surface area contributed by atoms with E-state index in [0.717, 1.165) is 25.5 Å². The molecule has 0 spiro atoms. The molecule has 0 aromatic rings. The minimum absolute atomic E-state index is 0.636. The Labute approximate surface area is 62.1 Å². The van der Waals surface area contributed by atoms with Crippen LogP contribution in [0.2, 0.25) is 0 Å². The van der Waals surface area contributed by atoms with E-state index >= 15 is 0 Å². The van der Waals surface area contributed by atoms with Crippen molar-refractivity contribution >= 4 is 6.29 Å². The summed E-state index contributed by atoms with van der Waals surface area (Å²) < 4.78 is 0. The Hall–Kier alpha value is -0.630. The van der Waals surface area contributed by atoms with Gasteiger partial charge in [-0.15, -0.1) is 6.58 Å². The molecule has 0 aromatic carbocycles. The molecule has 10 heavy (non-hydrogen) atoms. The Morgan fingerprint density at radius 2 is 2.30 bits per heavy atom. The standard InChI is InChI=1S/C8H15NO/c1-3-4-5-6-8(2,9)7-10/h3,7H,1,4-6,9H2,2H3/t8-/m1/s1. The van der Waals surface area contributed by atoms with E-state index in [0.29, 0.717) is 0 Å². The largest absolute Gasteiger partial charge is 0.319 e. The normalized spacial score (nSPS) is 15.8. The van der Waals surface area contributed by atoms with Crippen molar-refractivity contribution in [3.05, 3.63) is 12.7 Å². The van der Waals surface area contributed by atoms with Gasteiger partial charge in [0.15, 0.2) is 0 Å². The number of allylic oxidation sites excluding steroid dienone is 1. The van der Waals surface area contributed by atoms with Gasteiger partial charge in [0, 0.05) is 0 Å². The van der Waals surface area contributed by atoms with Crippen molar-refractivity contribution in [3.63, 3.8) is 0 Å². The van der Waals surface area contributed by atoms with Gasteiger partial charge in [-0.1, -0.05) is 6.08 Å². The SMILES string of the molecule is C=CCCC[C@@](C)(N)C=O. The molecule has 0 saturated carbocycles. The highest BCUT2D eigenvalue weighted by atomic mass is 16.1. The molecule has 0 radical (unpaired) electrons. The highest BCUT2D eigenvalue weighted by Gasteiger charge is 2.14. The smallest absolute Gasteiger partial charge is 0.139 e. The van der Waals surface area contributed by atoms with Crippen LogP contribution in [-0.2, 0) is 4.79 Å². The van der Waals surface area contributed by atoms with Crippen molar-refractivity contribution < 1.29 is 4.79 Å². The molecule has 0 aliphatic rings. The Balaban J connectivity index is 3.46. The van der Waals surface area contributed by atoms with Gasteiger partial charge in [-0.25, -0.2) is 0 Å². The number of rotatable bonds is 5. The molecule has 0 bridgehead atoms. The van der Waals surface area contributed by atoms with Gasteiger partial charge in [0.1, 0.15) is 6.29 Å². The van der Waals surface area contributed by atoms with Gasteiger partial charge in [0.05, 0.1) is 5.54 Å². The van der Waals surface area contributed by atoms with E-state index in [9.17, 15) is 4.79 Å². The van der Waals surface area contributed by atoms with Gasteiger partial charge in [0.25, 0.3) is 0 Å². The third kappa shape index (κ3) is 4.27. The zero-order valence-corrected chi connectivity index (χ0v) is 6.47. The summed E-state index contributed by atoms with van der Waals surface area (Å²) in [7, 11) is 0. The molecule has 0 aromatic heterocycles. The highest BCUT2D eigenvalue weighted by molar-refractivity contribution is 5.62. The van der Waals surface area contributed by atoms with E-state index < -0.39 is 5.54 Å². The van der Waals surface area contributed by atoms with Gasteiger partial charge < -0.3 is 10.5 Å². The van der Waals surface area contributed by atoms with E-state index in [1.54, 1.807) is 6.92 Å². The lowest BCUT2D eigenvalue weighted by atomic mass is 9.98. The van der Waals surface area contributed by atoms with E-state index in [4.69, 9.17) is 5.73 Å². The van der Waals surface area contributed by atoms with Crippen molar-refractivity contribution in [2.75, 3.05) is 0 Å². The number of hydrogen-bond acceptors (Lipinski definition) is 2. The molecule has 0 saturated heterocycles. The monoisotopic (exact) mass is 141 g/mol. The van der Waals surface area contributed by atoms with Crippen molar-refractivity contribution in [1.82, 2.24) is 0 Å². The molecular formula is C8H15NO. The molecule has 0 rings (SSSR count). The van der Waals surface area contributed by atoms with Crippen LogP contribution in [0.15, 0.2) is 12.7 Å². The van der Waals surface area contributed by atoms with Crippen LogP contribution in [0.3, 0.4) is 0 Å². The molecule has 2 N–H and O–H groups in total. The van der Waals surface area contributed by atoms with E-state index in [2.05, 4.69) is 6.58 Å². The minimum atomic E-state index is -0.636. The average Bonchev–Trinajstić information content (AvgIpc) is 1.89. The first kappa shape index (κ1) is 9.37. The number of carbonyl (C=O) groups excluding carboxylic acids is 1. The van der Waals surface area contributed by atoms with Crippen molar-refractivity contribution in [1.29, 1.82) is 0 Å². The highest BCUT2D eigenvalue weighted by Crippen LogP contribution is 2.07. The fraction of sp³-hybridized carbons (Fsp3) is 0.625. The van der Waals surface area contributed by atoms with Crippen LogP contribution in [0, 0.1) is 0 Å². The average molecular weight is 141 g/mol. The summed E-state index contributed by atoms with van der Waals surface area (Å²) in [6.45, 7) is 5.32. The third-order valence-corrected chi connectivity index (χ3v) is 1.39. The maximum Gasteiger partial charge on any atom is 0.139 e. The summed E-state index contributed by atoms with van der Waals surface area (Å²) in [6, 6.07) is 0. The fourth-order valence-corrected chi connectivity index (χ4v) is 0.686. The van der Waals surface area contributed by atoms with Crippen LogP contribution in [0.4, 0.5) is 0 Å². The first-order valence-corrected chi connectivity index (χ1v) is 3.48. The van der Waals surface area contributed by atoms with Gasteiger partial charge in [-0.05, 0) is 26.2 Å². The lowest BCUT2D eigenvalue weighted by Crippen LogP contribution is -2.37. The zero-order chi connectivity index (χ0) is 8.04. The summed E-state index contributed by atoms with van der Waals surface area (Å²) in [5.74, 6) is 0. The first-order chi connectivity index (χ1) is 4.62. The predicted molar refractivity (Wildman–Crippen MR) is 42.7 cm³/mol. The fourth-order valence-electron chi connectivity index (χ4n) is 0.686. The Kier molecular flexibility index (Phi) is 3.96. The molecule has 0 unspecified atom stereocenters. The second kappa shape index (κ2) is 4.23. The molecule has 0 aliphatic heterocycles. The second-order valence-corrected chi connectivity index (χ2v) is 2.80. The van der Waals surface area contributed by atoms with Gasteiger partial charge in [0.2, 0.25) is 0 Å². The van der Waals surface area contributed by atoms with Gasteiger partial charge >= 0.3 is 0 Å². The van der Waals surface area contributed by atoms with Gasteiger partial charge in [-0.2, -0.15) is 0 Å². The number of hydrogen-bond donors (Lipinski definition) is 1. The molecule has 0 aliphatic carbocycles.